The number of guanidine groups is 1. The van der Waals surface area contributed by atoms with Gasteiger partial charge in [0.1, 0.15) is 5.82 Å². The molecule has 0 spiro atoms. The van der Waals surface area contributed by atoms with Gasteiger partial charge >= 0.3 is 0 Å². The Hall–Kier alpha value is -1.67. The molecule has 0 saturated heterocycles. The summed E-state index contributed by atoms with van der Waals surface area (Å²) in [6, 6.07) is 6.57. The Labute approximate surface area is 150 Å². The van der Waals surface area contributed by atoms with E-state index in [2.05, 4.69) is 20.3 Å². The van der Waals surface area contributed by atoms with Gasteiger partial charge in [0.15, 0.2) is 5.96 Å². The van der Waals surface area contributed by atoms with Gasteiger partial charge in [-0.15, -0.1) is 0 Å². The van der Waals surface area contributed by atoms with Crippen LogP contribution in [-0.2, 0) is 15.4 Å². The molecule has 25 heavy (non-hydrogen) atoms. The van der Waals surface area contributed by atoms with Crippen LogP contribution in [0, 0.1) is 5.82 Å². The SMILES string of the molecule is CCNC(=NCC(C)(C)c1cccc(F)c1)NCCCNS(C)(=O)=O. The van der Waals surface area contributed by atoms with Crippen LogP contribution in [0.25, 0.3) is 0 Å². The molecule has 0 saturated carbocycles. The van der Waals surface area contributed by atoms with E-state index in [0.29, 0.717) is 38.6 Å². The highest BCUT2D eigenvalue weighted by molar-refractivity contribution is 7.88. The number of hydrogen-bond donors (Lipinski definition) is 3. The van der Waals surface area contributed by atoms with Gasteiger partial charge in [0.2, 0.25) is 10.0 Å². The topological polar surface area (TPSA) is 82.6 Å². The summed E-state index contributed by atoms with van der Waals surface area (Å²) in [6.07, 6.45) is 1.78. The van der Waals surface area contributed by atoms with E-state index in [4.69, 9.17) is 0 Å². The number of sulfonamides is 1. The Morgan fingerprint density at radius 1 is 1.24 bits per heavy atom. The number of hydrogen-bond acceptors (Lipinski definition) is 3. The summed E-state index contributed by atoms with van der Waals surface area (Å²) < 4.78 is 37.9. The van der Waals surface area contributed by atoms with Crippen LogP contribution in [0.15, 0.2) is 29.3 Å². The van der Waals surface area contributed by atoms with Gasteiger partial charge in [-0.2, -0.15) is 0 Å². The minimum absolute atomic E-state index is 0.252. The van der Waals surface area contributed by atoms with Gasteiger partial charge in [0.05, 0.1) is 12.8 Å². The number of nitrogens with one attached hydrogen (secondary N) is 3. The van der Waals surface area contributed by atoms with Gasteiger partial charge in [0, 0.05) is 25.0 Å². The van der Waals surface area contributed by atoms with E-state index in [0.717, 1.165) is 11.8 Å². The van der Waals surface area contributed by atoms with E-state index in [1.807, 2.05) is 26.8 Å². The maximum atomic E-state index is 13.4. The van der Waals surface area contributed by atoms with Crippen molar-refractivity contribution in [2.24, 2.45) is 4.99 Å². The van der Waals surface area contributed by atoms with E-state index in [1.165, 1.54) is 12.1 Å². The zero-order chi connectivity index (χ0) is 18.9. The highest BCUT2D eigenvalue weighted by atomic mass is 32.2. The molecule has 1 aromatic carbocycles. The quantitative estimate of drug-likeness (QED) is 0.349. The molecule has 0 heterocycles. The lowest BCUT2D eigenvalue weighted by molar-refractivity contribution is 0.529. The normalized spacial score (nSPS) is 12.9. The third-order valence-electron chi connectivity index (χ3n) is 3.59. The summed E-state index contributed by atoms with van der Waals surface area (Å²) in [5.41, 5.74) is 0.590. The number of benzene rings is 1. The first-order valence-electron chi connectivity index (χ1n) is 8.37. The molecule has 0 amide bonds. The molecule has 6 nitrogen and oxygen atoms in total. The lowest BCUT2D eigenvalue weighted by Gasteiger charge is -2.24. The first-order chi connectivity index (χ1) is 11.6. The lowest BCUT2D eigenvalue weighted by atomic mass is 9.85. The fourth-order valence-corrected chi connectivity index (χ4v) is 2.69. The summed E-state index contributed by atoms with van der Waals surface area (Å²) in [7, 11) is -3.15. The van der Waals surface area contributed by atoms with Crippen molar-refractivity contribution < 1.29 is 12.8 Å². The zero-order valence-electron chi connectivity index (χ0n) is 15.4. The van der Waals surface area contributed by atoms with E-state index in [1.54, 1.807) is 6.07 Å². The van der Waals surface area contributed by atoms with Crippen molar-refractivity contribution >= 4 is 16.0 Å². The summed E-state index contributed by atoms with van der Waals surface area (Å²) in [5.74, 6) is 0.407. The Morgan fingerprint density at radius 2 is 1.96 bits per heavy atom. The number of nitrogens with zero attached hydrogens (tertiary/aromatic N) is 1. The Morgan fingerprint density at radius 3 is 2.56 bits per heavy atom. The van der Waals surface area contributed by atoms with E-state index >= 15 is 0 Å². The fraction of sp³-hybridized carbons (Fsp3) is 0.588. The smallest absolute Gasteiger partial charge is 0.208 e. The van der Waals surface area contributed by atoms with E-state index < -0.39 is 10.0 Å². The molecule has 0 aromatic heterocycles. The summed E-state index contributed by atoms with van der Waals surface area (Å²) in [6.45, 7) is 8.19. The lowest BCUT2D eigenvalue weighted by Crippen LogP contribution is -2.39. The fourth-order valence-electron chi connectivity index (χ4n) is 2.17. The summed E-state index contributed by atoms with van der Waals surface area (Å²) in [4.78, 5) is 4.57. The molecule has 0 aliphatic heterocycles. The summed E-state index contributed by atoms with van der Waals surface area (Å²) >= 11 is 0. The van der Waals surface area contributed by atoms with Crippen LogP contribution in [0.4, 0.5) is 4.39 Å². The number of aliphatic imine (C=N–C) groups is 1. The van der Waals surface area contributed by atoms with Crippen LogP contribution < -0.4 is 15.4 Å². The Bertz CT molecular complexity index is 675. The third kappa shape index (κ3) is 8.83. The van der Waals surface area contributed by atoms with Crippen molar-refractivity contribution in [1.82, 2.24) is 15.4 Å². The molecule has 1 rings (SSSR count). The summed E-state index contributed by atoms with van der Waals surface area (Å²) in [5, 5.41) is 6.32. The van der Waals surface area contributed by atoms with Crippen LogP contribution in [-0.4, -0.2) is 46.8 Å². The van der Waals surface area contributed by atoms with Gasteiger partial charge in [-0.05, 0) is 31.0 Å². The second-order valence-electron chi connectivity index (χ2n) is 6.54. The molecule has 0 unspecified atom stereocenters. The van der Waals surface area contributed by atoms with Gasteiger partial charge in [0.25, 0.3) is 0 Å². The molecule has 0 radical (unpaired) electrons. The molecule has 8 heteroatoms. The molecule has 0 aliphatic carbocycles. The number of halogens is 1. The van der Waals surface area contributed by atoms with Crippen molar-refractivity contribution in [3.05, 3.63) is 35.6 Å². The highest BCUT2D eigenvalue weighted by Gasteiger charge is 2.21. The third-order valence-corrected chi connectivity index (χ3v) is 4.32. The monoisotopic (exact) mass is 372 g/mol. The minimum Gasteiger partial charge on any atom is -0.357 e. The molecular weight excluding hydrogens is 343 g/mol. The van der Waals surface area contributed by atoms with Crippen molar-refractivity contribution in [1.29, 1.82) is 0 Å². The van der Waals surface area contributed by atoms with Crippen molar-refractivity contribution in [3.8, 4) is 0 Å². The second kappa shape index (κ2) is 9.72. The van der Waals surface area contributed by atoms with Gasteiger partial charge in [-0.25, -0.2) is 17.5 Å². The maximum Gasteiger partial charge on any atom is 0.208 e. The van der Waals surface area contributed by atoms with E-state index in [9.17, 15) is 12.8 Å². The molecule has 0 fully saturated rings. The van der Waals surface area contributed by atoms with Crippen molar-refractivity contribution in [2.45, 2.75) is 32.6 Å². The second-order valence-corrected chi connectivity index (χ2v) is 8.37. The first kappa shape index (κ1) is 21.4. The molecule has 3 N–H and O–H groups in total. The van der Waals surface area contributed by atoms with Crippen LogP contribution >= 0.6 is 0 Å². The molecule has 0 bridgehead atoms. The Kier molecular flexibility index (Phi) is 8.31. The van der Waals surface area contributed by atoms with Crippen LogP contribution in [0.2, 0.25) is 0 Å². The van der Waals surface area contributed by atoms with Crippen LogP contribution in [0.1, 0.15) is 32.8 Å². The van der Waals surface area contributed by atoms with Crippen molar-refractivity contribution in [2.75, 3.05) is 32.4 Å². The maximum absolute atomic E-state index is 13.4. The molecule has 0 atom stereocenters. The average Bonchev–Trinajstić information content (AvgIpc) is 2.51. The van der Waals surface area contributed by atoms with Crippen LogP contribution in [0.5, 0.6) is 0 Å². The number of rotatable bonds is 9. The minimum atomic E-state index is -3.15. The molecule has 142 valence electrons. The molecular formula is C17H29FN4O2S. The van der Waals surface area contributed by atoms with Gasteiger partial charge in [-0.1, -0.05) is 26.0 Å². The molecule has 1 aromatic rings. The average molecular weight is 373 g/mol. The van der Waals surface area contributed by atoms with Crippen LogP contribution in [0.3, 0.4) is 0 Å². The first-order valence-corrected chi connectivity index (χ1v) is 10.3. The van der Waals surface area contributed by atoms with Crippen molar-refractivity contribution in [3.63, 3.8) is 0 Å². The Balaban J connectivity index is 2.59. The standard InChI is InChI=1S/C17H29FN4O2S/c1-5-19-16(20-10-7-11-22-25(4,23)24)21-13-17(2,3)14-8-6-9-15(18)12-14/h6,8-9,12,22H,5,7,10-11,13H2,1-4H3,(H2,19,20,21). The van der Waals surface area contributed by atoms with E-state index in [-0.39, 0.29) is 11.2 Å². The van der Waals surface area contributed by atoms with Gasteiger partial charge in [-0.3, -0.25) is 4.99 Å². The predicted molar refractivity (Wildman–Crippen MR) is 101 cm³/mol. The molecule has 0 aliphatic rings. The largest absolute Gasteiger partial charge is 0.357 e. The predicted octanol–water partition coefficient (Wildman–Crippen LogP) is 1.60. The highest BCUT2D eigenvalue weighted by Crippen LogP contribution is 2.24. The zero-order valence-corrected chi connectivity index (χ0v) is 16.2. The van der Waals surface area contributed by atoms with Gasteiger partial charge < -0.3 is 10.6 Å².